The van der Waals surface area contributed by atoms with Gasteiger partial charge in [-0.2, -0.15) is 20.2 Å². The summed E-state index contributed by atoms with van der Waals surface area (Å²) in [4.78, 5) is 12.5. The topological polar surface area (TPSA) is 86.5 Å². The van der Waals surface area contributed by atoms with Gasteiger partial charge in [0.25, 0.3) is 0 Å². The summed E-state index contributed by atoms with van der Waals surface area (Å²) in [6.45, 7) is 3.77. The van der Waals surface area contributed by atoms with Crippen molar-refractivity contribution >= 4 is 23.7 Å². The Labute approximate surface area is 98.9 Å². The molecule has 1 atom stereocenters. The maximum absolute atomic E-state index is 8.69. The molecular formula is C9H14N6S. The lowest BCUT2D eigenvalue weighted by Gasteiger charge is -2.08. The van der Waals surface area contributed by atoms with Crippen LogP contribution in [0, 0.1) is 11.3 Å². The van der Waals surface area contributed by atoms with Gasteiger partial charge in [-0.25, -0.2) is 0 Å². The van der Waals surface area contributed by atoms with E-state index in [1.54, 1.807) is 14.0 Å². The largest absolute Gasteiger partial charge is 0.357 e. The predicted molar refractivity (Wildman–Crippen MR) is 64.5 cm³/mol. The summed E-state index contributed by atoms with van der Waals surface area (Å²) < 4.78 is 0. The lowest BCUT2D eigenvalue weighted by atomic mass is 10.4. The van der Waals surface area contributed by atoms with Gasteiger partial charge in [-0.15, -0.1) is 0 Å². The average Bonchev–Trinajstić information content (AvgIpc) is 2.29. The first-order valence-corrected chi connectivity index (χ1v) is 5.91. The number of thioether (sulfide) groups is 1. The molecule has 2 N–H and O–H groups in total. The van der Waals surface area contributed by atoms with Crippen LogP contribution in [0.3, 0.4) is 0 Å². The number of nitrogens with one attached hydrogen (secondary N) is 2. The van der Waals surface area contributed by atoms with Gasteiger partial charge < -0.3 is 10.6 Å². The quantitative estimate of drug-likeness (QED) is 0.749. The zero-order valence-corrected chi connectivity index (χ0v) is 10.3. The summed E-state index contributed by atoms with van der Waals surface area (Å²) >= 11 is 1.53. The summed E-state index contributed by atoms with van der Waals surface area (Å²) in [6, 6.07) is 1.74. The van der Waals surface area contributed by atoms with E-state index >= 15 is 0 Å². The van der Waals surface area contributed by atoms with Gasteiger partial charge in [0.1, 0.15) is 6.04 Å². The number of rotatable bonds is 5. The van der Waals surface area contributed by atoms with Crippen LogP contribution in [0.25, 0.3) is 0 Å². The van der Waals surface area contributed by atoms with E-state index in [-0.39, 0.29) is 6.04 Å². The minimum absolute atomic E-state index is 0.327. The van der Waals surface area contributed by atoms with Crippen LogP contribution in [-0.4, -0.2) is 33.8 Å². The van der Waals surface area contributed by atoms with Gasteiger partial charge in [0.2, 0.25) is 11.9 Å². The van der Waals surface area contributed by atoms with Gasteiger partial charge in [0, 0.05) is 7.05 Å². The molecule has 0 saturated heterocycles. The summed E-state index contributed by atoms with van der Waals surface area (Å²) in [7, 11) is 1.74. The fourth-order valence-electron chi connectivity index (χ4n) is 0.952. The monoisotopic (exact) mass is 238 g/mol. The van der Waals surface area contributed by atoms with Crippen LogP contribution < -0.4 is 10.6 Å². The lowest BCUT2D eigenvalue weighted by Crippen LogP contribution is -2.16. The third-order valence-electron chi connectivity index (χ3n) is 1.65. The van der Waals surface area contributed by atoms with E-state index in [0.717, 1.165) is 5.75 Å². The molecule has 1 rings (SSSR count). The molecule has 0 aliphatic carbocycles. The van der Waals surface area contributed by atoms with Crippen LogP contribution in [0.1, 0.15) is 13.8 Å². The Bertz CT molecular complexity index is 388. The molecule has 0 saturated carbocycles. The first kappa shape index (κ1) is 12.5. The molecule has 86 valence electrons. The Balaban J connectivity index is 2.91. The van der Waals surface area contributed by atoms with Gasteiger partial charge in [0.15, 0.2) is 5.16 Å². The number of aromatic nitrogens is 3. The third kappa shape index (κ3) is 3.55. The van der Waals surface area contributed by atoms with Gasteiger partial charge in [0.05, 0.1) is 6.07 Å². The van der Waals surface area contributed by atoms with Gasteiger partial charge in [-0.05, 0) is 12.7 Å². The second-order valence-corrected chi connectivity index (χ2v) is 4.17. The minimum Gasteiger partial charge on any atom is -0.357 e. The average molecular weight is 238 g/mol. The van der Waals surface area contributed by atoms with Crippen molar-refractivity contribution in [2.24, 2.45) is 0 Å². The number of anilines is 2. The van der Waals surface area contributed by atoms with E-state index in [1.165, 1.54) is 11.8 Å². The molecule has 16 heavy (non-hydrogen) atoms. The third-order valence-corrected chi connectivity index (χ3v) is 2.38. The molecule has 7 heteroatoms. The smallest absolute Gasteiger partial charge is 0.229 e. The molecule has 1 aromatic heterocycles. The molecule has 0 bridgehead atoms. The van der Waals surface area contributed by atoms with E-state index in [2.05, 4.69) is 31.7 Å². The van der Waals surface area contributed by atoms with Crippen molar-refractivity contribution in [2.45, 2.75) is 25.0 Å². The zero-order chi connectivity index (χ0) is 12.0. The van der Waals surface area contributed by atoms with Crippen LogP contribution in [-0.2, 0) is 0 Å². The molecule has 0 fully saturated rings. The highest BCUT2D eigenvalue weighted by Crippen LogP contribution is 2.15. The maximum Gasteiger partial charge on any atom is 0.229 e. The summed E-state index contributed by atoms with van der Waals surface area (Å²) in [5.74, 6) is 1.81. The van der Waals surface area contributed by atoms with Crippen molar-refractivity contribution in [3.63, 3.8) is 0 Å². The highest BCUT2D eigenvalue weighted by molar-refractivity contribution is 7.99. The summed E-state index contributed by atoms with van der Waals surface area (Å²) in [5.41, 5.74) is 0. The molecule has 0 aliphatic rings. The van der Waals surface area contributed by atoms with E-state index < -0.39 is 0 Å². The highest BCUT2D eigenvalue weighted by Gasteiger charge is 2.07. The fourth-order valence-corrected chi connectivity index (χ4v) is 1.51. The molecule has 6 nitrogen and oxygen atoms in total. The van der Waals surface area contributed by atoms with E-state index in [1.807, 2.05) is 6.92 Å². The SMILES string of the molecule is CCSc1nc(NC)nc(NC(C)C#N)n1. The minimum atomic E-state index is -0.327. The molecule has 1 aromatic rings. The lowest BCUT2D eigenvalue weighted by molar-refractivity contribution is 0.879. The van der Waals surface area contributed by atoms with Crippen molar-refractivity contribution in [3.05, 3.63) is 0 Å². The van der Waals surface area contributed by atoms with Gasteiger partial charge in [-0.1, -0.05) is 18.7 Å². The van der Waals surface area contributed by atoms with Crippen molar-refractivity contribution in [2.75, 3.05) is 23.4 Å². The zero-order valence-electron chi connectivity index (χ0n) is 9.48. The second-order valence-electron chi connectivity index (χ2n) is 2.94. The van der Waals surface area contributed by atoms with Crippen LogP contribution in [0.4, 0.5) is 11.9 Å². The van der Waals surface area contributed by atoms with E-state index in [4.69, 9.17) is 5.26 Å². The molecular weight excluding hydrogens is 224 g/mol. The van der Waals surface area contributed by atoms with Gasteiger partial charge in [-0.3, -0.25) is 0 Å². The number of nitrogens with zero attached hydrogens (tertiary/aromatic N) is 4. The Hall–Kier alpha value is -1.55. The number of hydrogen-bond donors (Lipinski definition) is 2. The van der Waals surface area contributed by atoms with E-state index in [9.17, 15) is 0 Å². The predicted octanol–water partition coefficient (Wildman–Crippen LogP) is 1.35. The summed E-state index contributed by atoms with van der Waals surface area (Å²) in [6.07, 6.45) is 0. The van der Waals surface area contributed by atoms with Crippen LogP contribution >= 0.6 is 11.8 Å². The first-order valence-electron chi connectivity index (χ1n) is 4.92. The van der Waals surface area contributed by atoms with Crippen LogP contribution in [0.15, 0.2) is 5.16 Å². The first-order chi connectivity index (χ1) is 7.69. The highest BCUT2D eigenvalue weighted by atomic mass is 32.2. The summed E-state index contributed by atoms with van der Waals surface area (Å²) in [5, 5.41) is 15.1. The molecule has 0 aromatic carbocycles. The van der Waals surface area contributed by atoms with Crippen LogP contribution in [0.2, 0.25) is 0 Å². The number of nitriles is 1. The number of hydrogen-bond acceptors (Lipinski definition) is 7. The Morgan fingerprint density at radius 3 is 2.62 bits per heavy atom. The van der Waals surface area contributed by atoms with Gasteiger partial charge >= 0.3 is 0 Å². The molecule has 1 unspecified atom stereocenters. The van der Waals surface area contributed by atoms with Crippen molar-refractivity contribution in [1.29, 1.82) is 5.26 Å². The Kier molecular flexibility index (Phi) is 4.79. The maximum atomic E-state index is 8.69. The molecule has 0 spiro atoms. The van der Waals surface area contributed by atoms with Crippen molar-refractivity contribution in [1.82, 2.24) is 15.0 Å². The van der Waals surface area contributed by atoms with Crippen molar-refractivity contribution < 1.29 is 0 Å². The second kappa shape index (κ2) is 6.12. The molecule has 0 radical (unpaired) electrons. The fraction of sp³-hybridized carbons (Fsp3) is 0.556. The Morgan fingerprint density at radius 1 is 1.38 bits per heavy atom. The molecule has 0 aliphatic heterocycles. The van der Waals surface area contributed by atoms with Crippen molar-refractivity contribution in [3.8, 4) is 6.07 Å². The molecule has 1 heterocycles. The Morgan fingerprint density at radius 2 is 2.06 bits per heavy atom. The van der Waals surface area contributed by atoms with E-state index in [0.29, 0.717) is 17.1 Å². The van der Waals surface area contributed by atoms with Crippen LogP contribution in [0.5, 0.6) is 0 Å². The molecule has 0 amide bonds. The normalized spacial score (nSPS) is 11.6. The standard InChI is InChI=1S/C9H14N6S/c1-4-16-9-14-7(11-3)13-8(15-9)12-6(2)5-10/h6H,4H2,1-3H3,(H2,11,12,13,14,15).